The number of nitrogens with one attached hydrogen (secondary N) is 1. The molecule has 1 amide bonds. The van der Waals surface area contributed by atoms with E-state index in [-0.39, 0.29) is 12.5 Å². The number of halogens is 1. The van der Waals surface area contributed by atoms with Gasteiger partial charge in [0.05, 0.1) is 0 Å². The van der Waals surface area contributed by atoms with Crippen molar-refractivity contribution in [2.45, 2.75) is 27.2 Å². The Morgan fingerprint density at radius 3 is 2.63 bits per heavy atom. The lowest BCUT2D eigenvalue weighted by Crippen LogP contribution is -2.26. The molecule has 1 aromatic carbocycles. The number of hydrogen-bond acceptors (Lipinski definition) is 3. The van der Waals surface area contributed by atoms with Gasteiger partial charge in [-0.25, -0.2) is 5.43 Å². The maximum absolute atomic E-state index is 11.5. The van der Waals surface area contributed by atoms with Gasteiger partial charge in [-0.3, -0.25) is 4.79 Å². The highest BCUT2D eigenvalue weighted by Crippen LogP contribution is 2.15. The highest BCUT2D eigenvalue weighted by Gasteiger charge is 2.05. The van der Waals surface area contributed by atoms with Gasteiger partial charge in [-0.1, -0.05) is 29.8 Å². The Morgan fingerprint density at radius 1 is 1.42 bits per heavy atom. The quantitative estimate of drug-likeness (QED) is 0.643. The summed E-state index contributed by atoms with van der Waals surface area (Å²) in [5.41, 5.74) is 3.41. The van der Waals surface area contributed by atoms with E-state index in [0.717, 1.165) is 16.6 Å². The molecule has 0 fully saturated rings. The normalized spacial score (nSPS) is 12.9. The molecule has 1 atom stereocenters. The number of rotatable bonds is 6. The summed E-state index contributed by atoms with van der Waals surface area (Å²) < 4.78 is 6.31. The van der Waals surface area contributed by atoms with E-state index in [9.17, 15) is 4.79 Å². The Balaban J connectivity index is 2.38. The van der Waals surface area contributed by atoms with E-state index in [2.05, 4.69) is 40.3 Å². The van der Waals surface area contributed by atoms with Crippen molar-refractivity contribution in [1.29, 1.82) is 0 Å². The average Bonchev–Trinajstić information content (AvgIpc) is 2.43. The predicted octanol–water partition coefficient (Wildman–Crippen LogP) is 3.37. The van der Waals surface area contributed by atoms with E-state index in [1.54, 1.807) is 12.1 Å². The third-order valence-corrected chi connectivity index (χ3v) is 3.39. The molecule has 1 rings (SSSR count). The lowest BCUT2D eigenvalue weighted by molar-refractivity contribution is -0.123. The molecule has 19 heavy (non-hydrogen) atoms. The first-order valence-electron chi connectivity index (χ1n) is 6.24. The third-order valence-electron chi connectivity index (χ3n) is 2.87. The van der Waals surface area contributed by atoms with Crippen molar-refractivity contribution in [1.82, 2.24) is 5.43 Å². The van der Waals surface area contributed by atoms with Crippen LogP contribution < -0.4 is 10.2 Å². The number of nitrogens with zero attached hydrogens (tertiary/aromatic N) is 1. The fraction of sp³-hybridized carbons (Fsp3) is 0.429. The first kappa shape index (κ1) is 15.7. The first-order chi connectivity index (χ1) is 9.02. The highest BCUT2D eigenvalue weighted by atomic mass is 79.9. The second-order valence-electron chi connectivity index (χ2n) is 4.34. The lowest BCUT2D eigenvalue weighted by atomic mass is 10.1. The molecule has 0 aromatic heterocycles. The maximum atomic E-state index is 11.5. The van der Waals surface area contributed by atoms with E-state index >= 15 is 0 Å². The largest absolute Gasteiger partial charge is 0.484 e. The molecule has 0 bridgehead atoms. The van der Waals surface area contributed by atoms with Crippen molar-refractivity contribution in [2.75, 3.05) is 6.61 Å². The van der Waals surface area contributed by atoms with Crippen LogP contribution in [0.25, 0.3) is 0 Å². The summed E-state index contributed by atoms with van der Waals surface area (Å²) in [6.45, 7) is 6.02. The molecule has 0 spiro atoms. The van der Waals surface area contributed by atoms with Gasteiger partial charge in [0.1, 0.15) is 5.75 Å². The van der Waals surface area contributed by atoms with Crippen molar-refractivity contribution in [3.8, 4) is 5.75 Å². The molecule has 5 heteroatoms. The van der Waals surface area contributed by atoms with Crippen molar-refractivity contribution >= 4 is 27.5 Å². The first-order valence-corrected chi connectivity index (χ1v) is 7.03. The van der Waals surface area contributed by atoms with Gasteiger partial charge in [0.15, 0.2) is 6.61 Å². The molecule has 0 saturated heterocycles. The summed E-state index contributed by atoms with van der Waals surface area (Å²) in [7, 11) is 0. The van der Waals surface area contributed by atoms with Crippen LogP contribution in [-0.2, 0) is 4.79 Å². The second kappa shape index (κ2) is 7.94. The summed E-state index contributed by atoms with van der Waals surface area (Å²) >= 11 is 3.33. The Kier molecular flexibility index (Phi) is 6.56. The number of amides is 1. The number of carbonyl (C=O) groups excluding carboxylic acids is 1. The highest BCUT2D eigenvalue weighted by molar-refractivity contribution is 9.10. The Hall–Kier alpha value is -1.36. The van der Waals surface area contributed by atoms with Gasteiger partial charge in [0, 0.05) is 10.2 Å². The van der Waals surface area contributed by atoms with E-state index in [1.807, 2.05) is 19.1 Å². The van der Waals surface area contributed by atoms with Crippen LogP contribution in [0.5, 0.6) is 5.75 Å². The minimum Gasteiger partial charge on any atom is -0.484 e. The fourth-order valence-electron chi connectivity index (χ4n) is 1.27. The number of ether oxygens (including phenoxy) is 1. The van der Waals surface area contributed by atoms with Crippen LogP contribution in [0.2, 0.25) is 0 Å². The minimum atomic E-state index is -0.259. The fourth-order valence-corrected chi connectivity index (χ4v) is 1.53. The van der Waals surface area contributed by atoms with Gasteiger partial charge in [0.25, 0.3) is 5.91 Å². The van der Waals surface area contributed by atoms with Crippen LogP contribution in [-0.4, -0.2) is 18.2 Å². The monoisotopic (exact) mass is 326 g/mol. The van der Waals surface area contributed by atoms with Crippen molar-refractivity contribution in [3.05, 3.63) is 28.7 Å². The predicted molar refractivity (Wildman–Crippen MR) is 80.3 cm³/mol. The standard InChI is InChI=1S/C14H19BrN2O2/c1-4-10(2)11(3)16-17-14(18)9-19-13-7-5-12(15)6-8-13/h5-8,10H,4,9H2,1-3H3,(H,17,18)/b16-11-/t10-/m0/s1. The molecule has 0 radical (unpaired) electrons. The van der Waals surface area contributed by atoms with E-state index < -0.39 is 0 Å². The van der Waals surface area contributed by atoms with Crippen LogP contribution >= 0.6 is 15.9 Å². The smallest absolute Gasteiger partial charge is 0.277 e. The molecular weight excluding hydrogens is 308 g/mol. The summed E-state index contributed by atoms with van der Waals surface area (Å²) in [5.74, 6) is 0.763. The van der Waals surface area contributed by atoms with Crippen molar-refractivity contribution in [3.63, 3.8) is 0 Å². The molecule has 0 unspecified atom stereocenters. The van der Waals surface area contributed by atoms with Gasteiger partial charge in [-0.2, -0.15) is 5.10 Å². The number of hydrazone groups is 1. The van der Waals surface area contributed by atoms with Crippen LogP contribution in [0.15, 0.2) is 33.8 Å². The van der Waals surface area contributed by atoms with Crippen LogP contribution in [0.3, 0.4) is 0 Å². The molecule has 104 valence electrons. The molecule has 0 aliphatic carbocycles. The topological polar surface area (TPSA) is 50.7 Å². The van der Waals surface area contributed by atoms with Crippen LogP contribution in [0, 0.1) is 5.92 Å². The van der Waals surface area contributed by atoms with E-state index in [1.165, 1.54) is 0 Å². The summed E-state index contributed by atoms with van der Waals surface area (Å²) in [6.07, 6.45) is 1.00. The van der Waals surface area contributed by atoms with Gasteiger partial charge in [-0.05, 0) is 43.5 Å². The Morgan fingerprint density at radius 2 is 2.05 bits per heavy atom. The third kappa shape index (κ3) is 5.87. The van der Waals surface area contributed by atoms with E-state index in [4.69, 9.17) is 4.74 Å². The van der Waals surface area contributed by atoms with E-state index in [0.29, 0.717) is 11.7 Å². The van der Waals surface area contributed by atoms with Gasteiger partial charge in [-0.15, -0.1) is 0 Å². The average molecular weight is 327 g/mol. The molecule has 1 aromatic rings. The minimum absolute atomic E-state index is 0.0427. The zero-order valence-electron chi connectivity index (χ0n) is 11.4. The lowest BCUT2D eigenvalue weighted by Gasteiger charge is -2.08. The second-order valence-corrected chi connectivity index (χ2v) is 5.26. The molecule has 4 nitrogen and oxygen atoms in total. The molecule has 0 saturated carbocycles. The summed E-state index contributed by atoms with van der Waals surface area (Å²) in [4.78, 5) is 11.5. The van der Waals surface area contributed by atoms with Crippen LogP contribution in [0.1, 0.15) is 27.2 Å². The van der Waals surface area contributed by atoms with Crippen molar-refractivity contribution in [2.24, 2.45) is 11.0 Å². The SMILES string of the molecule is CC[C@H](C)/C(C)=N\NC(=O)COc1ccc(Br)cc1. The Bertz CT molecular complexity index is 443. The summed E-state index contributed by atoms with van der Waals surface area (Å²) in [6, 6.07) is 7.31. The number of benzene rings is 1. The van der Waals surface area contributed by atoms with Gasteiger partial charge in [0.2, 0.25) is 0 Å². The Labute approximate surface area is 122 Å². The number of hydrogen-bond donors (Lipinski definition) is 1. The maximum Gasteiger partial charge on any atom is 0.277 e. The van der Waals surface area contributed by atoms with Gasteiger partial charge >= 0.3 is 0 Å². The van der Waals surface area contributed by atoms with Gasteiger partial charge < -0.3 is 4.74 Å². The van der Waals surface area contributed by atoms with Crippen LogP contribution in [0.4, 0.5) is 0 Å². The molecule has 1 N–H and O–H groups in total. The zero-order chi connectivity index (χ0) is 14.3. The summed E-state index contributed by atoms with van der Waals surface area (Å²) in [5, 5.41) is 4.05. The van der Waals surface area contributed by atoms with Crippen molar-refractivity contribution < 1.29 is 9.53 Å². The molecule has 0 heterocycles. The molecular formula is C14H19BrN2O2. The number of carbonyl (C=O) groups is 1. The molecule has 0 aliphatic heterocycles. The zero-order valence-corrected chi connectivity index (χ0v) is 13.0. The molecule has 0 aliphatic rings.